The highest BCUT2D eigenvalue weighted by Crippen LogP contribution is 2.40. The summed E-state index contributed by atoms with van der Waals surface area (Å²) in [5.41, 5.74) is 12.9. The number of benzene rings is 2. The van der Waals surface area contributed by atoms with Crippen LogP contribution in [0.5, 0.6) is 0 Å². The lowest BCUT2D eigenvalue weighted by Gasteiger charge is -2.33. The number of carbonyl (C=O) groups excluding carboxylic acids is 4. The number of pyridine rings is 4. The second-order valence-corrected chi connectivity index (χ2v) is 19.5. The van der Waals surface area contributed by atoms with Crippen LogP contribution in [0.15, 0.2) is 114 Å². The minimum atomic E-state index is -3.16. The molecule has 0 saturated carbocycles. The highest BCUT2D eigenvalue weighted by molar-refractivity contribution is 7.91. The Balaban J connectivity index is 0.000000173. The molecule has 2 aliphatic carbocycles. The van der Waals surface area contributed by atoms with Crippen LogP contribution < -0.4 is 11.1 Å². The van der Waals surface area contributed by atoms with Crippen LogP contribution in [0.2, 0.25) is 5.15 Å². The fourth-order valence-corrected chi connectivity index (χ4v) is 9.27. The third kappa shape index (κ3) is 11.1. The molecule has 4 aromatic heterocycles. The minimum absolute atomic E-state index is 0.0463. The Morgan fingerprint density at radius 1 is 0.708 bits per heavy atom. The molecule has 65 heavy (non-hydrogen) atoms. The van der Waals surface area contributed by atoms with Gasteiger partial charge in [-0.1, -0.05) is 72.6 Å². The van der Waals surface area contributed by atoms with Crippen molar-refractivity contribution in [1.82, 2.24) is 19.9 Å². The molecule has 2 unspecified atom stereocenters. The van der Waals surface area contributed by atoms with E-state index in [1.54, 1.807) is 43.6 Å². The van der Waals surface area contributed by atoms with Crippen LogP contribution in [0.1, 0.15) is 105 Å². The number of hydrogen-bond donors (Lipinski definition) is 2. The number of aromatic nitrogens is 4. The van der Waals surface area contributed by atoms with Gasteiger partial charge in [0.25, 0.3) is 0 Å². The van der Waals surface area contributed by atoms with Crippen molar-refractivity contribution in [3.05, 3.63) is 176 Å². The first-order valence-corrected chi connectivity index (χ1v) is 23.4. The largest absolute Gasteiger partial charge is 0.369 e. The molecule has 12 nitrogen and oxygen atoms in total. The first-order valence-electron chi connectivity index (χ1n) is 21.4. The summed E-state index contributed by atoms with van der Waals surface area (Å²) in [6.45, 7) is 11.3. The number of halogens is 1. The maximum absolute atomic E-state index is 13.4. The number of rotatable bonds is 9. The summed E-state index contributed by atoms with van der Waals surface area (Å²) in [6, 6.07) is 29.0. The van der Waals surface area contributed by atoms with E-state index in [0.717, 1.165) is 57.0 Å². The molecular weight excluding hydrogens is 860 g/mol. The predicted molar refractivity (Wildman–Crippen MR) is 252 cm³/mol. The monoisotopic (exact) mass is 912 g/mol. The van der Waals surface area contributed by atoms with Gasteiger partial charge in [0.1, 0.15) is 11.0 Å². The summed E-state index contributed by atoms with van der Waals surface area (Å²) in [4.78, 5) is 67.4. The lowest BCUT2D eigenvalue weighted by atomic mass is 9.70. The summed E-state index contributed by atoms with van der Waals surface area (Å²) in [6.07, 6.45) is 6.64. The van der Waals surface area contributed by atoms with Crippen molar-refractivity contribution in [2.24, 2.45) is 5.73 Å². The number of nitrogens with two attached hydrogens (primary N) is 1. The number of primary amides is 1. The van der Waals surface area contributed by atoms with E-state index in [0.29, 0.717) is 41.4 Å². The third-order valence-electron chi connectivity index (χ3n) is 12.0. The molecule has 4 heterocycles. The van der Waals surface area contributed by atoms with Crippen LogP contribution >= 0.6 is 11.6 Å². The normalized spacial score (nSPS) is 17.6. The van der Waals surface area contributed by atoms with Crippen molar-refractivity contribution >= 4 is 50.6 Å². The van der Waals surface area contributed by atoms with Crippen molar-refractivity contribution in [1.29, 1.82) is 0 Å². The molecule has 0 aliphatic heterocycles. The highest BCUT2D eigenvalue weighted by atomic mass is 35.5. The van der Waals surface area contributed by atoms with Crippen LogP contribution in [0.3, 0.4) is 0 Å². The van der Waals surface area contributed by atoms with Gasteiger partial charge in [-0.3, -0.25) is 29.1 Å². The van der Waals surface area contributed by atoms with Crippen LogP contribution in [0.4, 0.5) is 5.82 Å². The molecule has 2 amide bonds. The summed E-state index contributed by atoms with van der Waals surface area (Å²) >= 11 is 5.98. The SMILES string of the molecule is CCS(=O)(=O)c1ccc(CC(N)=O)cc1.Cc1cc(Cl)nc2c1C(=O)C(C)(c1ccccn1)CC2.Cc1ccc(CC(=O)Nc2cc(C)c3c(n2)CCC(C)(c2ccccn2)C3=O)cc1. The quantitative estimate of drug-likeness (QED) is 0.133. The maximum Gasteiger partial charge on any atom is 0.229 e. The zero-order chi connectivity index (χ0) is 47.1. The number of anilines is 1. The number of Topliss-reactive ketones (excluding diaryl/α,β-unsaturated/α-hetero) is 2. The molecule has 0 fully saturated rings. The van der Waals surface area contributed by atoms with Crippen molar-refractivity contribution in [3.8, 4) is 0 Å². The highest BCUT2D eigenvalue weighted by Gasteiger charge is 2.43. The number of nitrogens with one attached hydrogen (secondary N) is 1. The zero-order valence-corrected chi connectivity index (χ0v) is 39.0. The van der Waals surface area contributed by atoms with E-state index in [-0.39, 0.29) is 41.0 Å². The number of amides is 2. The van der Waals surface area contributed by atoms with Crippen LogP contribution in [-0.4, -0.2) is 57.5 Å². The van der Waals surface area contributed by atoms with Crippen molar-refractivity contribution in [2.45, 2.75) is 95.8 Å². The molecule has 0 saturated heterocycles. The molecular formula is C51H53ClN6O6S. The van der Waals surface area contributed by atoms with Crippen molar-refractivity contribution < 1.29 is 27.6 Å². The molecule has 2 atom stereocenters. The number of aryl methyl sites for hydroxylation is 5. The molecule has 14 heteroatoms. The van der Waals surface area contributed by atoms with Gasteiger partial charge >= 0.3 is 0 Å². The Kier molecular flexibility index (Phi) is 14.9. The summed E-state index contributed by atoms with van der Waals surface area (Å²) in [7, 11) is -3.16. The molecule has 0 spiro atoms. The molecule has 6 aromatic rings. The first kappa shape index (κ1) is 48.0. The van der Waals surface area contributed by atoms with E-state index in [1.165, 1.54) is 12.1 Å². The van der Waals surface area contributed by atoms with Gasteiger partial charge in [-0.2, -0.15) is 0 Å². The van der Waals surface area contributed by atoms with Gasteiger partial charge < -0.3 is 11.1 Å². The Labute approximate surface area is 385 Å². The predicted octanol–water partition coefficient (Wildman–Crippen LogP) is 8.39. The fraction of sp³-hybridized carbons (Fsp3) is 0.294. The minimum Gasteiger partial charge on any atom is -0.369 e. The Morgan fingerprint density at radius 2 is 1.20 bits per heavy atom. The summed E-state index contributed by atoms with van der Waals surface area (Å²) in [5.74, 6) is 0.163. The van der Waals surface area contributed by atoms with Gasteiger partial charge in [0.2, 0.25) is 11.8 Å². The van der Waals surface area contributed by atoms with Gasteiger partial charge in [-0.25, -0.2) is 18.4 Å². The van der Waals surface area contributed by atoms with Gasteiger partial charge in [-0.05, 0) is 131 Å². The Hall–Kier alpha value is -6.44. The number of nitrogens with zero attached hydrogens (tertiary/aromatic N) is 4. The number of sulfone groups is 1. The number of hydrogen-bond acceptors (Lipinski definition) is 10. The standard InChI is InChI=1S/C25H25N3O2.C16H15ClN2O.C10H13NO3S/c1-16-7-9-18(10-8-16)15-22(29)28-21-14-17(2)23-19(27-21)11-12-25(3,24(23)30)20-6-4-5-13-26-20;1-10-9-13(17)19-11-6-7-16(2,15(20)14(10)11)12-5-3-4-8-18-12;1-2-15(13,14)9-5-3-8(4-6-9)7-10(11)12/h4-10,13-14H,11-12,15H2,1-3H3,(H,27,28,29);3-5,8-9H,6-7H2,1-2H3;3-6H,2,7H2,1H3,(H2,11,12). The second-order valence-electron chi connectivity index (χ2n) is 16.9. The van der Waals surface area contributed by atoms with E-state index in [9.17, 15) is 27.6 Å². The van der Waals surface area contributed by atoms with E-state index in [1.807, 2.05) is 95.3 Å². The molecule has 8 rings (SSSR count). The lowest BCUT2D eigenvalue weighted by Crippen LogP contribution is -2.39. The molecule has 3 N–H and O–H groups in total. The van der Waals surface area contributed by atoms with Gasteiger partial charge in [0.05, 0.1) is 57.1 Å². The van der Waals surface area contributed by atoms with Crippen LogP contribution in [0, 0.1) is 20.8 Å². The number of ketones is 2. The van der Waals surface area contributed by atoms with E-state index in [2.05, 4.69) is 25.3 Å². The summed E-state index contributed by atoms with van der Waals surface area (Å²) < 4.78 is 22.9. The molecule has 0 bridgehead atoms. The molecule has 2 aromatic carbocycles. The number of fused-ring (bicyclic) bond motifs is 2. The third-order valence-corrected chi connectivity index (χ3v) is 13.9. The van der Waals surface area contributed by atoms with Crippen LogP contribution in [0.25, 0.3) is 0 Å². The fourth-order valence-electron chi connectivity index (χ4n) is 8.12. The molecule has 0 radical (unpaired) electrons. The molecule has 336 valence electrons. The second kappa shape index (κ2) is 20.2. The average Bonchev–Trinajstić information content (AvgIpc) is 3.28. The zero-order valence-electron chi connectivity index (χ0n) is 37.4. The van der Waals surface area contributed by atoms with E-state index < -0.39 is 26.6 Å². The molecule has 2 aliphatic rings. The van der Waals surface area contributed by atoms with Gasteiger partial charge in [0.15, 0.2) is 21.4 Å². The first-order chi connectivity index (χ1) is 30.8. The Morgan fingerprint density at radius 3 is 1.69 bits per heavy atom. The van der Waals surface area contributed by atoms with Crippen LogP contribution in [-0.2, 0) is 55.9 Å². The summed E-state index contributed by atoms with van der Waals surface area (Å²) in [5, 5.41) is 3.34. The maximum atomic E-state index is 13.4. The topological polar surface area (TPSA) is 192 Å². The smallest absolute Gasteiger partial charge is 0.229 e. The number of carbonyl (C=O) groups is 4. The lowest BCUT2D eigenvalue weighted by molar-refractivity contribution is -0.117. The van der Waals surface area contributed by atoms with Gasteiger partial charge in [-0.15, -0.1) is 0 Å². The van der Waals surface area contributed by atoms with Crippen molar-refractivity contribution in [2.75, 3.05) is 11.1 Å². The van der Waals surface area contributed by atoms with Crippen molar-refractivity contribution in [3.63, 3.8) is 0 Å². The van der Waals surface area contributed by atoms with Gasteiger partial charge in [0, 0.05) is 23.5 Å². The Bertz CT molecular complexity index is 2840. The average molecular weight is 914 g/mol. The van der Waals surface area contributed by atoms with E-state index in [4.69, 9.17) is 17.3 Å². The van der Waals surface area contributed by atoms with E-state index >= 15 is 0 Å².